The summed E-state index contributed by atoms with van der Waals surface area (Å²) in [5.41, 5.74) is 4.37. The number of esters is 2. The molecule has 0 spiro atoms. The largest absolute Gasteiger partial charge is 0.479 e. The number of imidazole rings is 1. The van der Waals surface area contributed by atoms with Crippen molar-refractivity contribution in [2.24, 2.45) is 11.8 Å². The molecule has 272 valence electrons. The van der Waals surface area contributed by atoms with Gasteiger partial charge < -0.3 is 39.4 Å². The van der Waals surface area contributed by atoms with Crippen LogP contribution in [0.1, 0.15) is 67.5 Å². The van der Waals surface area contributed by atoms with E-state index in [4.69, 9.17) is 29.2 Å². The third-order valence-electron chi connectivity index (χ3n) is 8.22. The number of aromatic nitrogens is 4. The van der Waals surface area contributed by atoms with E-state index in [1.54, 1.807) is 13.8 Å². The predicted octanol–water partition coefficient (Wildman–Crippen LogP) is 2.37. The molecule has 17 nitrogen and oxygen atoms in total. The van der Waals surface area contributed by atoms with Crippen LogP contribution in [0.3, 0.4) is 0 Å². The van der Waals surface area contributed by atoms with E-state index in [9.17, 15) is 19.8 Å². The van der Waals surface area contributed by atoms with Crippen LogP contribution in [0.25, 0.3) is 11.2 Å². The molecule has 1 saturated heterocycles. The molecule has 6 atom stereocenters. The van der Waals surface area contributed by atoms with Crippen molar-refractivity contribution in [3.63, 3.8) is 0 Å². The molecule has 0 radical (unpaired) electrons. The summed E-state index contributed by atoms with van der Waals surface area (Å²) in [6.07, 6.45) is -2.16. The molecule has 0 amide bonds. The molecule has 2 unspecified atom stereocenters. The number of carbonyl (C=O) groups is 2. The van der Waals surface area contributed by atoms with Gasteiger partial charge >= 0.3 is 19.6 Å². The number of nitrogens with zero attached hydrogens (tertiary/aromatic N) is 6. The molecule has 2 aromatic heterocycles. The second-order valence-electron chi connectivity index (χ2n) is 12.8. The number of carbonyl (C=O) groups excluding carboxylic acids is 2. The van der Waals surface area contributed by atoms with Crippen LogP contribution >= 0.6 is 7.67 Å². The monoisotopic (exact) mass is 701 g/mol. The Morgan fingerprint density at radius 1 is 1.06 bits per heavy atom. The molecule has 0 aliphatic carbocycles. The van der Waals surface area contributed by atoms with Crippen molar-refractivity contribution in [1.29, 1.82) is 0 Å². The van der Waals surface area contributed by atoms with Gasteiger partial charge in [0.25, 0.3) is 0 Å². The highest BCUT2D eigenvalue weighted by atomic mass is 31.2. The molecule has 2 aromatic rings. The van der Waals surface area contributed by atoms with E-state index in [1.807, 2.05) is 27.7 Å². The summed E-state index contributed by atoms with van der Waals surface area (Å²) in [7, 11) is 0.0195. The van der Waals surface area contributed by atoms with Gasteiger partial charge in [-0.15, -0.1) is 0 Å². The Morgan fingerprint density at radius 2 is 1.58 bits per heavy atom. The summed E-state index contributed by atoms with van der Waals surface area (Å²) < 4.78 is 47.5. The Balaban J connectivity index is 2.04. The molecule has 18 heteroatoms. The van der Waals surface area contributed by atoms with Crippen LogP contribution in [0, 0.1) is 11.8 Å². The maximum atomic E-state index is 15.2. The number of likely N-dealkylation sites (N-methyl/N-ethyl adjacent to an activating group) is 2. The predicted molar refractivity (Wildman–Crippen MR) is 176 cm³/mol. The van der Waals surface area contributed by atoms with Gasteiger partial charge in [0.05, 0.1) is 33.3 Å². The van der Waals surface area contributed by atoms with Crippen LogP contribution in [0.5, 0.6) is 5.88 Å². The molecule has 1 fully saturated rings. The van der Waals surface area contributed by atoms with Crippen LogP contribution in [0.15, 0.2) is 6.33 Å². The number of fused-ring (bicyclic) bond motifs is 1. The minimum Gasteiger partial charge on any atom is -0.479 e. The number of hydrogen-bond acceptors (Lipinski definition) is 14. The van der Waals surface area contributed by atoms with Gasteiger partial charge in [-0.2, -0.15) is 9.97 Å². The third kappa shape index (κ3) is 8.26. The van der Waals surface area contributed by atoms with Crippen molar-refractivity contribution < 1.29 is 47.8 Å². The molecule has 1 aliphatic heterocycles. The molecule has 0 bridgehead atoms. The lowest BCUT2D eigenvalue weighted by Gasteiger charge is -2.41. The Morgan fingerprint density at radius 3 is 2.04 bits per heavy atom. The number of aliphatic hydroxyl groups is 2. The van der Waals surface area contributed by atoms with Crippen molar-refractivity contribution in [3.05, 3.63) is 6.33 Å². The Hall–Kier alpha value is -2.92. The second-order valence-corrected chi connectivity index (χ2v) is 15.3. The van der Waals surface area contributed by atoms with Crippen LogP contribution in [-0.2, 0) is 32.9 Å². The molecular formula is C30H52N7O10P. The summed E-state index contributed by atoms with van der Waals surface area (Å²) in [6, 6.07) is -2.02. The molecule has 0 aromatic carbocycles. The molecule has 3 heterocycles. The van der Waals surface area contributed by atoms with Crippen molar-refractivity contribution >= 4 is 36.7 Å². The van der Waals surface area contributed by atoms with Crippen molar-refractivity contribution in [2.75, 3.05) is 46.8 Å². The highest BCUT2D eigenvalue weighted by molar-refractivity contribution is 7.54. The fourth-order valence-corrected chi connectivity index (χ4v) is 7.93. The first-order valence-electron chi connectivity index (χ1n) is 16.1. The Labute approximate surface area is 281 Å². The van der Waals surface area contributed by atoms with Gasteiger partial charge in [-0.25, -0.2) is 14.3 Å². The minimum atomic E-state index is -4.32. The fraction of sp³-hybridized carbons (Fsp3) is 0.767. The topological polar surface area (TPSA) is 214 Å². The summed E-state index contributed by atoms with van der Waals surface area (Å²) in [6.45, 7) is 12.1. The molecule has 3 rings (SSSR count). The average molecular weight is 702 g/mol. The number of aliphatic hydroxyl groups excluding tert-OH is 1. The zero-order valence-corrected chi connectivity index (χ0v) is 30.4. The van der Waals surface area contributed by atoms with Gasteiger partial charge in [-0.05, 0) is 59.5 Å². The van der Waals surface area contributed by atoms with Crippen LogP contribution in [0.2, 0.25) is 0 Å². The SMILES string of the molecule is CCOC(=O)[C@H](CC(C)C)N(C)P(=O)(OC[C@H]1OC(n2cnc3c(OC)nc(N)nc32)[C@@](C)(O)C1O)N(C)[C@@H](CC(C)C)C(=O)OCC. The van der Waals surface area contributed by atoms with E-state index in [1.165, 1.54) is 48.4 Å². The number of ether oxygens (including phenoxy) is 4. The van der Waals surface area contributed by atoms with Crippen LogP contribution < -0.4 is 10.5 Å². The standard InChI is InChI=1S/C30H52N7O10P/c1-11-44-26(39)19(13-17(3)4)35(8)48(42,36(9)20(14-18(5)6)27(40)45-12-2)46-15-21-23(38)30(7,41)28(47-21)37-16-32-22-24(37)33-29(31)34-25(22)43-10/h16-21,23,28,38,41H,11-15H2,1-10H3,(H2,31,33,34)/t19-,20-,21+,23?,28?,30-/m0/s1. The minimum absolute atomic E-state index is 0.00514. The zero-order valence-electron chi connectivity index (χ0n) is 29.5. The smallest absolute Gasteiger partial charge is 0.347 e. The number of nitrogen functional groups attached to an aromatic ring is 1. The first kappa shape index (κ1) is 39.5. The van der Waals surface area contributed by atoms with E-state index >= 15 is 4.57 Å². The second kappa shape index (κ2) is 16.2. The molecular weight excluding hydrogens is 649 g/mol. The van der Waals surface area contributed by atoms with E-state index in [0.29, 0.717) is 0 Å². The van der Waals surface area contributed by atoms with E-state index in [-0.39, 0.29) is 60.9 Å². The van der Waals surface area contributed by atoms with Gasteiger partial charge in [0, 0.05) is 0 Å². The summed E-state index contributed by atoms with van der Waals surface area (Å²) >= 11 is 0. The normalized spacial score (nSPS) is 23.0. The number of rotatable bonds is 17. The van der Waals surface area contributed by atoms with Crippen LogP contribution in [-0.4, -0.2) is 122 Å². The third-order valence-corrected chi connectivity index (χ3v) is 10.9. The maximum absolute atomic E-state index is 15.2. The van der Waals surface area contributed by atoms with E-state index in [0.717, 1.165) is 0 Å². The van der Waals surface area contributed by atoms with Gasteiger partial charge in [-0.3, -0.25) is 18.7 Å². The number of hydrogen-bond donors (Lipinski definition) is 3. The number of nitrogens with two attached hydrogens (primary N) is 1. The molecule has 48 heavy (non-hydrogen) atoms. The highest BCUT2D eigenvalue weighted by Crippen LogP contribution is 2.57. The maximum Gasteiger partial charge on any atom is 0.347 e. The highest BCUT2D eigenvalue weighted by Gasteiger charge is 2.55. The molecule has 0 saturated carbocycles. The molecule has 4 N–H and O–H groups in total. The Bertz CT molecular complexity index is 1410. The van der Waals surface area contributed by atoms with Crippen molar-refractivity contribution in [1.82, 2.24) is 28.9 Å². The first-order valence-corrected chi connectivity index (χ1v) is 17.6. The zero-order chi connectivity index (χ0) is 36.1. The summed E-state index contributed by atoms with van der Waals surface area (Å²) in [4.78, 5) is 39.0. The summed E-state index contributed by atoms with van der Waals surface area (Å²) in [5.74, 6) is -1.22. The number of methoxy groups -OCH3 is 1. The fourth-order valence-electron chi connectivity index (χ4n) is 5.70. The lowest BCUT2D eigenvalue weighted by Crippen LogP contribution is -2.48. The van der Waals surface area contributed by atoms with Gasteiger partial charge in [0.1, 0.15) is 29.9 Å². The lowest BCUT2D eigenvalue weighted by atomic mass is 9.96. The van der Waals surface area contributed by atoms with Crippen molar-refractivity contribution in [2.45, 2.75) is 97.4 Å². The van der Waals surface area contributed by atoms with Crippen LogP contribution in [0.4, 0.5) is 5.95 Å². The van der Waals surface area contributed by atoms with Gasteiger partial charge in [-0.1, -0.05) is 27.7 Å². The van der Waals surface area contributed by atoms with Gasteiger partial charge in [0.2, 0.25) is 11.8 Å². The van der Waals surface area contributed by atoms with Crippen molar-refractivity contribution in [3.8, 4) is 5.88 Å². The first-order chi connectivity index (χ1) is 22.4. The molecule has 1 aliphatic rings. The summed E-state index contributed by atoms with van der Waals surface area (Å²) in [5, 5.41) is 22.8. The van der Waals surface area contributed by atoms with Gasteiger partial charge in [0.15, 0.2) is 17.4 Å². The average Bonchev–Trinajstić information content (AvgIpc) is 3.53. The lowest BCUT2D eigenvalue weighted by molar-refractivity contribution is -0.148. The van der Waals surface area contributed by atoms with E-state index < -0.39 is 62.3 Å². The van der Waals surface area contributed by atoms with E-state index in [2.05, 4.69) is 15.0 Å². The number of anilines is 1. The Kier molecular flexibility index (Phi) is 13.3. The quantitative estimate of drug-likeness (QED) is 0.159.